The second-order valence-corrected chi connectivity index (χ2v) is 16.1. The Morgan fingerprint density at radius 3 is 0.875 bits per heavy atom. The van der Waals surface area contributed by atoms with Crippen LogP contribution in [0.15, 0.2) is 97.1 Å². The molecule has 12 heteroatoms. The van der Waals surface area contributed by atoms with Gasteiger partial charge in [-0.1, -0.05) is 83.9 Å². The first-order chi connectivity index (χ1) is 25.5. The number of hydrogen-bond donors (Lipinski definition) is 0. The van der Waals surface area contributed by atoms with E-state index in [0.717, 1.165) is 66.4 Å². The van der Waals surface area contributed by atoms with E-state index in [0.29, 0.717) is 0 Å². The number of rotatable bonds is 2. The van der Waals surface area contributed by atoms with E-state index in [4.69, 9.17) is 9.97 Å². The van der Waals surface area contributed by atoms with E-state index in [1.807, 2.05) is 26.0 Å². The second-order valence-electron chi connectivity index (χ2n) is 14.2. The van der Waals surface area contributed by atoms with E-state index < -0.39 is 7.81 Å². The third kappa shape index (κ3) is 10.3. The van der Waals surface area contributed by atoms with Gasteiger partial charge in [0.1, 0.15) is 0 Å². The van der Waals surface area contributed by atoms with Crippen LogP contribution in [-0.2, 0) is 17.1 Å². The van der Waals surface area contributed by atoms with Crippen LogP contribution >= 0.6 is 7.81 Å². The summed E-state index contributed by atoms with van der Waals surface area (Å²) in [7, 11) is -10.7. The molecule has 0 aliphatic rings. The van der Waals surface area contributed by atoms with Crippen LogP contribution < -0.4 is 0 Å². The topological polar surface area (TPSA) is 51.6 Å². The van der Waals surface area contributed by atoms with Crippen molar-refractivity contribution in [2.45, 2.75) is 55.4 Å². The Kier molecular flexibility index (Phi) is 11.2. The summed E-state index contributed by atoms with van der Waals surface area (Å²) in [5.74, 6) is 0. The van der Waals surface area contributed by atoms with Gasteiger partial charge in [0.2, 0.25) is 0 Å². The Balaban J connectivity index is 0.000000207. The minimum atomic E-state index is -10.7. The summed E-state index contributed by atoms with van der Waals surface area (Å²) in [6, 6.07) is 34.3. The Morgan fingerprint density at radius 1 is 0.357 bits per heavy atom. The maximum absolute atomic E-state index is 10.7. The molecule has 4 nitrogen and oxygen atoms in total. The van der Waals surface area contributed by atoms with Crippen LogP contribution in [0, 0.1) is 55.4 Å². The molecule has 0 spiro atoms. The summed E-state index contributed by atoms with van der Waals surface area (Å²) >= 11 is 0. The monoisotopic (exact) mass is 832 g/mol. The molecule has 0 atom stereocenters. The first-order valence-corrected chi connectivity index (χ1v) is 19.6. The molecule has 294 valence electrons. The van der Waals surface area contributed by atoms with Crippen molar-refractivity contribution >= 4 is 51.4 Å². The van der Waals surface area contributed by atoms with Crippen molar-refractivity contribution < 1.29 is 42.3 Å². The molecule has 8 aromatic rings. The summed E-state index contributed by atoms with van der Waals surface area (Å²) in [6.07, 6.45) is 0. The molecule has 56 heavy (non-hydrogen) atoms. The summed E-state index contributed by atoms with van der Waals surface area (Å²) in [5.41, 5.74) is 18.0. The molecule has 0 radical (unpaired) electrons. The number of hydrogen-bond acceptors (Lipinski definition) is 4. The number of aryl methyl sites for hydroxylation is 8. The Bertz CT molecular complexity index is 2570. The Labute approximate surface area is 332 Å². The molecular weight excluding hydrogens is 793 g/mol. The first kappa shape index (κ1) is 42.2. The molecule has 0 bridgehead atoms. The standard InChI is InChI=1S/C30H28N2.C14H12N2.Cu.F6P/c1-17-13-19(3)27(20(4)14-17)25-11-9-23-7-8-24-10-12-26(32-30(24)29(23)31-25)28-21(5)15-18(2)16-22(28)6;1-9-3-5-11-7-8-12-6-4-10(2)16-14(12)13(11)15-9;;1-7(2,3,4,5)6/h7-16H,1-6H3;3-8H,1-2H3;;/q;;+1;-1. The van der Waals surface area contributed by atoms with E-state index >= 15 is 0 Å². The SMILES string of the molecule is Cc1cc(C)c(-c2ccc3ccc4ccc(-c5c(C)cc(C)cc5C)nc4c3n2)c(C)c1.Cc1ccc2ccc3ccc(C)nc3c2n1.F[P-](F)(F)(F)(F)F.[Cu+]. The molecule has 8 rings (SSSR count). The number of pyridine rings is 4. The van der Waals surface area contributed by atoms with Gasteiger partial charge in [0.25, 0.3) is 0 Å². The fourth-order valence-electron chi connectivity index (χ4n) is 7.18. The minimum absolute atomic E-state index is 0. The molecule has 4 aromatic carbocycles. The van der Waals surface area contributed by atoms with Crippen molar-refractivity contribution in [3.63, 3.8) is 0 Å². The number of halogens is 6. The summed E-state index contributed by atoms with van der Waals surface area (Å²) in [5, 5.41) is 4.53. The van der Waals surface area contributed by atoms with E-state index in [9.17, 15) is 25.2 Å². The fourth-order valence-corrected chi connectivity index (χ4v) is 7.18. The van der Waals surface area contributed by atoms with Crippen LogP contribution in [-0.4, -0.2) is 19.9 Å². The number of fused-ring (bicyclic) bond motifs is 6. The molecule has 0 unspecified atom stereocenters. The molecule has 0 aliphatic carbocycles. The van der Waals surface area contributed by atoms with Crippen molar-refractivity contribution in [1.29, 1.82) is 0 Å². The van der Waals surface area contributed by atoms with Crippen LogP contribution in [0.25, 0.3) is 66.1 Å². The smallest absolute Gasteiger partial charge is 1.00 e. The summed E-state index contributed by atoms with van der Waals surface area (Å²) in [4.78, 5) is 19.5. The zero-order valence-corrected chi connectivity index (χ0v) is 33.9. The van der Waals surface area contributed by atoms with Gasteiger partial charge in [0, 0.05) is 44.1 Å². The largest absolute Gasteiger partial charge is 1.00 e. The van der Waals surface area contributed by atoms with Gasteiger partial charge in [0.15, 0.2) is 0 Å². The van der Waals surface area contributed by atoms with E-state index in [1.165, 1.54) is 44.5 Å². The van der Waals surface area contributed by atoms with Crippen LogP contribution in [0.4, 0.5) is 25.2 Å². The second kappa shape index (κ2) is 14.8. The number of benzene rings is 4. The Morgan fingerprint density at radius 2 is 0.589 bits per heavy atom. The van der Waals surface area contributed by atoms with Crippen LogP contribution in [0.5, 0.6) is 0 Å². The van der Waals surface area contributed by atoms with Crippen molar-refractivity contribution in [1.82, 2.24) is 19.9 Å². The third-order valence-electron chi connectivity index (χ3n) is 9.18. The van der Waals surface area contributed by atoms with Crippen molar-refractivity contribution in [3.05, 3.63) is 142 Å². The number of aromatic nitrogens is 4. The van der Waals surface area contributed by atoms with Gasteiger partial charge in [0.05, 0.1) is 33.5 Å². The zero-order chi connectivity index (χ0) is 40.1. The van der Waals surface area contributed by atoms with Crippen molar-refractivity contribution in [3.8, 4) is 22.5 Å². The fraction of sp³-hybridized carbons (Fsp3) is 0.182. The minimum Gasteiger partial charge on any atom is 1.00 e. The molecular formula is C44H40CuF6N4P. The van der Waals surface area contributed by atoms with E-state index in [1.54, 1.807) is 0 Å². The molecule has 4 aromatic heterocycles. The van der Waals surface area contributed by atoms with Crippen molar-refractivity contribution in [2.75, 3.05) is 0 Å². The van der Waals surface area contributed by atoms with Crippen LogP contribution in [0.1, 0.15) is 44.8 Å². The third-order valence-corrected chi connectivity index (χ3v) is 9.18. The molecule has 0 aliphatic heterocycles. The van der Waals surface area contributed by atoms with Crippen LogP contribution in [0.2, 0.25) is 0 Å². The average molecular weight is 833 g/mol. The van der Waals surface area contributed by atoms with E-state index in [2.05, 4.69) is 136 Å². The van der Waals surface area contributed by atoms with Crippen LogP contribution in [0.3, 0.4) is 0 Å². The first-order valence-electron chi connectivity index (χ1n) is 17.6. The van der Waals surface area contributed by atoms with Gasteiger partial charge >= 0.3 is 50.1 Å². The molecule has 0 fully saturated rings. The van der Waals surface area contributed by atoms with Gasteiger partial charge in [-0.05, 0) is 102 Å². The average Bonchev–Trinajstić information content (AvgIpc) is 3.06. The van der Waals surface area contributed by atoms with Gasteiger partial charge in [-0.15, -0.1) is 0 Å². The molecule has 0 saturated carbocycles. The number of nitrogens with zero attached hydrogens (tertiary/aromatic N) is 4. The summed E-state index contributed by atoms with van der Waals surface area (Å²) < 4.78 is 59.2. The molecule has 0 saturated heterocycles. The van der Waals surface area contributed by atoms with Gasteiger partial charge < -0.3 is 0 Å². The molecule has 0 amide bonds. The molecule has 0 N–H and O–H groups in total. The zero-order valence-electron chi connectivity index (χ0n) is 32.0. The van der Waals surface area contributed by atoms with Gasteiger partial charge in [-0.25, -0.2) is 9.97 Å². The molecule has 4 heterocycles. The maximum Gasteiger partial charge on any atom is 1.00 e. The predicted molar refractivity (Wildman–Crippen MR) is 216 cm³/mol. The summed E-state index contributed by atoms with van der Waals surface area (Å²) in [6.45, 7) is 17.0. The van der Waals surface area contributed by atoms with E-state index in [-0.39, 0.29) is 17.1 Å². The maximum atomic E-state index is 9.87. The predicted octanol–water partition coefficient (Wildman–Crippen LogP) is 14.7. The quantitative estimate of drug-likeness (QED) is 0.0753. The Hall–Kier alpha value is -4.95. The van der Waals surface area contributed by atoms with Gasteiger partial charge in [-0.2, -0.15) is 0 Å². The van der Waals surface area contributed by atoms with Crippen molar-refractivity contribution in [2.24, 2.45) is 0 Å². The van der Waals surface area contributed by atoms with Gasteiger partial charge in [-0.3, -0.25) is 9.97 Å². The normalized spacial score (nSPS) is 12.6.